The minimum absolute atomic E-state index is 1.26. The van der Waals surface area contributed by atoms with Gasteiger partial charge in [-0.25, -0.2) is 0 Å². The summed E-state index contributed by atoms with van der Waals surface area (Å²) in [6.45, 7) is 0. The molecular weight excluding hydrogens is 158 g/mol. The zero-order valence-corrected chi connectivity index (χ0v) is 8.25. The van der Waals surface area contributed by atoms with Crippen LogP contribution in [-0.2, 0) is 0 Å². The maximum atomic E-state index is 2.29. The Balaban J connectivity index is 2.18. The first-order valence-electron chi connectivity index (χ1n) is 4.72. The molecule has 0 aromatic heterocycles. The van der Waals surface area contributed by atoms with Crippen molar-refractivity contribution in [2.45, 2.75) is 12.8 Å². The van der Waals surface area contributed by atoms with E-state index < -0.39 is 0 Å². The van der Waals surface area contributed by atoms with Crippen molar-refractivity contribution in [1.29, 1.82) is 0 Å². The summed E-state index contributed by atoms with van der Waals surface area (Å²) in [5.74, 6) is 0. The van der Waals surface area contributed by atoms with Gasteiger partial charge in [-0.1, -0.05) is 23.8 Å². The fourth-order valence-electron chi connectivity index (χ4n) is 1.32. The lowest BCUT2D eigenvalue weighted by Gasteiger charge is -2.11. The molecule has 1 aromatic carbocycles. The molecule has 2 rings (SSSR count). The Bertz CT molecular complexity index is 313. The summed E-state index contributed by atoms with van der Waals surface area (Å²) in [6.07, 6.45) is 4.89. The van der Waals surface area contributed by atoms with E-state index in [9.17, 15) is 0 Å². The maximum Gasteiger partial charge on any atom is 0.0361 e. The van der Waals surface area contributed by atoms with Gasteiger partial charge in [-0.3, -0.25) is 0 Å². The monoisotopic (exact) mass is 173 g/mol. The molecule has 0 spiro atoms. The first-order chi connectivity index (χ1) is 6.25. The van der Waals surface area contributed by atoms with E-state index in [4.69, 9.17) is 0 Å². The van der Waals surface area contributed by atoms with Crippen LogP contribution in [0.1, 0.15) is 18.4 Å². The first-order valence-corrected chi connectivity index (χ1v) is 4.72. The number of anilines is 1. The fourth-order valence-corrected chi connectivity index (χ4v) is 1.32. The SMILES string of the molecule is CN(C)c1ccc(C=C2CC2)cc1. The van der Waals surface area contributed by atoms with E-state index in [0.29, 0.717) is 0 Å². The van der Waals surface area contributed by atoms with Gasteiger partial charge in [0, 0.05) is 19.8 Å². The highest BCUT2D eigenvalue weighted by molar-refractivity contribution is 5.59. The quantitative estimate of drug-likeness (QED) is 0.664. The highest BCUT2D eigenvalue weighted by Crippen LogP contribution is 2.30. The number of rotatable bonds is 2. The Morgan fingerprint density at radius 1 is 1.08 bits per heavy atom. The van der Waals surface area contributed by atoms with Gasteiger partial charge in [-0.2, -0.15) is 0 Å². The fraction of sp³-hybridized carbons (Fsp3) is 0.333. The second-order valence-corrected chi connectivity index (χ2v) is 3.79. The third-order valence-corrected chi connectivity index (χ3v) is 2.32. The summed E-state index contributed by atoms with van der Waals surface area (Å²) in [5.41, 5.74) is 4.17. The van der Waals surface area contributed by atoms with Gasteiger partial charge in [0.15, 0.2) is 0 Å². The maximum absolute atomic E-state index is 2.29. The van der Waals surface area contributed by atoms with Gasteiger partial charge in [0.1, 0.15) is 0 Å². The topological polar surface area (TPSA) is 3.24 Å². The highest BCUT2D eigenvalue weighted by Gasteiger charge is 2.09. The molecule has 0 aliphatic heterocycles. The smallest absolute Gasteiger partial charge is 0.0361 e. The third-order valence-electron chi connectivity index (χ3n) is 2.32. The molecular formula is C12H15N. The van der Waals surface area contributed by atoms with Gasteiger partial charge < -0.3 is 4.90 Å². The summed E-state index contributed by atoms with van der Waals surface area (Å²) in [6, 6.07) is 8.69. The molecule has 0 N–H and O–H groups in total. The molecule has 1 saturated carbocycles. The number of benzene rings is 1. The minimum atomic E-state index is 1.26. The molecule has 0 radical (unpaired) electrons. The Labute approximate surface area is 79.7 Å². The van der Waals surface area contributed by atoms with Crippen molar-refractivity contribution < 1.29 is 0 Å². The molecule has 0 saturated heterocycles. The van der Waals surface area contributed by atoms with Gasteiger partial charge >= 0.3 is 0 Å². The van der Waals surface area contributed by atoms with Crippen molar-refractivity contribution in [1.82, 2.24) is 0 Å². The van der Waals surface area contributed by atoms with Crippen molar-refractivity contribution in [3.8, 4) is 0 Å². The third kappa shape index (κ3) is 2.11. The van der Waals surface area contributed by atoms with Crippen molar-refractivity contribution in [3.63, 3.8) is 0 Å². The zero-order valence-electron chi connectivity index (χ0n) is 8.25. The second kappa shape index (κ2) is 3.25. The van der Waals surface area contributed by atoms with Crippen LogP contribution < -0.4 is 4.90 Å². The van der Waals surface area contributed by atoms with E-state index in [-0.39, 0.29) is 0 Å². The molecule has 1 aromatic rings. The minimum Gasteiger partial charge on any atom is -0.378 e. The average molecular weight is 173 g/mol. The summed E-state index contributed by atoms with van der Waals surface area (Å²) in [4.78, 5) is 2.12. The molecule has 1 nitrogen and oxygen atoms in total. The largest absolute Gasteiger partial charge is 0.378 e. The van der Waals surface area contributed by atoms with Gasteiger partial charge in [0.25, 0.3) is 0 Å². The molecule has 0 unspecified atom stereocenters. The molecule has 0 bridgehead atoms. The van der Waals surface area contributed by atoms with Crippen LogP contribution in [0.5, 0.6) is 0 Å². The predicted octanol–water partition coefficient (Wildman–Crippen LogP) is 2.93. The molecule has 1 aliphatic carbocycles. The molecule has 0 atom stereocenters. The van der Waals surface area contributed by atoms with Crippen molar-refractivity contribution in [2.24, 2.45) is 0 Å². The predicted molar refractivity (Wildman–Crippen MR) is 58.0 cm³/mol. The van der Waals surface area contributed by atoms with Crippen LogP contribution >= 0.6 is 0 Å². The normalized spacial score (nSPS) is 14.2. The van der Waals surface area contributed by atoms with E-state index in [2.05, 4.69) is 49.3 Å². The lowest BCUT2D eigenvalue weighted by Crippen LogP contribution is -2.07. The lowest BCUT2D eigenvalue weighted by molar-refractivity contribution is 1.13. The van der Waals surface area contributed by atoms with Crippen LogP contribution in [-0.4, -0.2) is 14.1 Å². The Morgan fingerprint density at radius 2 is 1.69 bits per heavy atom. The molecule has 1 heteroatoms. The Hall–Kier alpha value is -1.24. The van der Waals surface area contributed by atoms with Crippen molar-refractivity contribution in [2.75, 3.05) is 19.0 Å². The standard InChI is InChI=1S/C12H15N/c1-13(2)12-7-5-11(6-8-12)9-10-3-4-10/h5-9H,3-4H2,1-2H3. The number of hydrogen-bond donors (Lipinski definition) is 0. The summed E-state index contributed by atoms with van der Waals surface area (Å²) < 4.78 is 0. The average Bonchev–Trinajstić information content (AvgIpc) is 2.89. The van der Waals surface area contributed by atoms with E-state index in [0.717, 1.165) is 0 Å². The van der Waals surface area contributed by atoms with Crippen molar-refractivity contribution in [3.05, 3.63) is 35.4 Å². The van der Waals surface area contributed by atoms with Crippen LogP contribution in [0.25, 0.3) is 6.08 Å². The lowest BCUT2D eigenvalue weighted by atomic mass is 10.2. The van der Waals surface area contributed by atoms with Gasteiger partial charge in [-0.15, -0.1) is 0 Å². The second-order valence-electron chi connectivity index (χ2n) is 3.79. The molecule has 0 heterocycles. The molecule has 13 heavy (non-hydrogen) atoms. The summed E-state index contributed by atoms with van der Waals surface area (Å²) in [7, 11) is 4.13. The molecule has 1 fully saturated rings. The van der Waals surface area contributed by atoms with Crippen LogP contribution in [0.4, 0.5) is 5.69 Å². The number of hydrogen-bond acceptors (Lipinski definition) is 1. The molecule has 1 aliphatic rings. The summed E-state index contributed by atoms with van der Waals surface area (Å²) >= 11 is 0. The summed E-state index contributed by atoms with van der Waals surface area (Å²) in [5, 5.41) is 0. The molecule has 0 amide bonds. The number of allylic oxidation sites excluding steroid dienone is 1. The van der Waals surface area contributed by atoms with Gasteiger partial charge in [0.05, 0.1) is 0 Å². The van der Waals surface area contributed by atoms with Gasteiger partial charge in [-0.05, 0) is 30.5 Å². The van der Waals surface area contributed by atoms with Crippen LogP contribution in [0.2, 0.25) is 0 Å². The van der Waals surface area contributed by atoms with Crippen LogP contribution in [0.3, 0.4) is 0 Å². The van der Waals surface area contributed by atoms with Gasteiger partial charge in [0.2, 0.25) is 0 Å². The number of nitrogens with zero attached hydrogens (tertiary/aromatic N) is 1. The molecule has 68 valence electrons. The van der Waals surface area contributed by atoms with E-state index >= 15 is 0 Å². The van der Waals surface area contributed by atoms with Crippen LogP contribution in [0, 0.1) is 0 Å². The zero-order chi connectivity index (χ0) is 9.26. The van der Waals surface area contributed by atoms with Crippen molar-refractivity contribution >= 4 is 11.8 Å². The highest BCUT2D eigenvalue weighted by atomic mass is 15.1. The Morgan fingerprint density at radius 3 is 2.15 bits per heavy atom. The van der Waals surface area contributed by atoms with E-state index in [1.165, 1.54) is 24.1 Å². The van der Waals surface area contributed by atoms with E-state index in [1.807, 2.05) is 0 Å². The Kier molecular flexibility index (Phi) is 2.09. The van der Waals surface area contributed by atoms with E-state index in [1.54, 1.807) is 5.57 Å². The van der Waals surface area contributed by atoms with Crippen LogP contribution in [0.15, 0.2) is 29.8 Å². The first kappa shape index (κ1) is 8.36.